The Kier molecular flexibility index (Phi) is 6.82. The van der Waals surface area contributed by atoms with Gasteiger partial charge in [-0.05, 0) is 36.8 Å². The zero-order valence-electron chi connectivity index (χ0n) is 18.1. The van der Waals surface area contributed by atoms with Crippen LogP contribution in [0.2, 0.25) is 0 Å². The lowest BCUT2D eigenvalue weighted by atomic mass is 10.1. The molecule has 1 saturated heterocycles. The highest BCUT2D eigenvalue weighted by molar-refractivity contribution is 7.99. The Morgan fingerprint density at radius 1 is 1.18 bits per heavy atom. The summed E-state index contributed by atoms with van der Waals surface area (Å²) in [7, 11) is -3.68. The van der Waals surface area contributed by atoms with E-state index >= 15 is 0 Å². The Bertz CT molecular complexity index is 1250. The molecule has 12 heteroatoms. The van der Waals surface area contributed by atoms with Gasteiger partial charge in [-0.1, -0.05) is 23.9 Å². The molecule has 180 valence electrons. The van der Waals surface area contributed by atoms with Gasteiger partial charge in [0.15, 0.2) is 0 Å². The topological polar surface area (TPSA) is 139 Å². The van der Waals surface area contributed by atoms with Crippen LogP contribution in [-0.4, -0.2) is 68.2 Å². The van der Waals surface area contributed by atoms with Crippen LogP contribution in [0.4, 0.5) is 0 Å². The van der Waals surface area contributed by atoms with Gasteiger partial charge in [0.05, 0.1) is 29.2 Å². The van der Waals surface area contributed by atoms with Gasteiger partial charge >= 0.3 is 5.97 Å². The third-order valence-corrected chi connectivity index (χ3v) is 7.08. The molecule has 2 aromatic rings. The summed E-state index contributed by atoms with van der Waals surface area (Å²) in [4.78, 5) is 39.9. The molecule has 2 amide bonds. The molecule has 1 unspecified atom stereocenters. The van der Waals surface area contributed by atoms with E-state index in [0.29, 0.717) is 17.1 Å². The van der Waals surface area contributed by atoms with E-state index in [-0.39, 0.29) is 19.6 Å². The molecule has 0 aromatic heterocycles. The van der Waals surface area contributed by atoms with E-state index in [4.69, 9.17) is 8.92 Å². The maximum absolute atomic E-state index is 12.7. The number of likely N-dealkylation sites (tertiary alicyclic amines) is 1. The Hall–Kier alpha value is -3.09. The largest absolute Gasteiger partial charge is 0.480 e. The maximum Gasteiger partial charge on any atom is 0.326 e. The number of hydrogen-bond acceptors (Lipinski definition) is 8. The molecule has 2 aromatic carbocycles. The molecule has 2 heterocycles. The number of nitrogens with zero attached hydrogens (tertiary/aromatic N) is 1. The van der Waals surface area contributed by atoms with Gasteiger partial charge < -0.3 is 20.1 Å². The number of para-hydroxylation sites is 1. The summed E-state index contributed by atoms with van der Waals surface area (Å²) in [5.41, 5.74) is 0.294. The lowest BCUT2D eigenvalue weighted by Crippen LogP contribution is -2.45. The molecule has 1 fully saturated rings. The van der Waals surface area contributed by atoms with Crippen LogP contribution < -0.4 is 10.1 Å². The van der Waals surface area contributed by atoms with Crippen molar-refractivity contribution in [1.82, 2.24) is 10.2 Å². The standard InChI is InChI=1S/C22H22N2O8S2/c1-34(29,30)31-12-13-8-15(22(27)28)24(11-13)20(25)10-23-21(26)14-6-7-19-17(9-14)32-16-4-2-3-5-18(16)33-19/h2-7,9,13,15H,8,10-12H2,1H3,(H,23,26)(H,27,28)/t13?,15-/m0/s1. The predicted molar refractivity (Wildman–Crippen MR) is 121 cm³/mol. The molecule has 2 N–H and O–H groups in total. The number of hydrogen-bond donors (Lipinski definition) is 2. The molecule has 4 rings (SSSR count). The number of fused-ring (bicyclic) bond motifs is 2. The highest BCUT2D eigenvalue weighted by Gasteiger charge is 2.40. The number of carboxylic acid groups (broad SMARTS) is 1. The predicted octanol–water partition coefficient (Wildman–Crippen LogP) is 1.95. The minimum Gasteiger partial charge on any atom is -0.480 e. The molecule has 34 heavy (non-hydrogen) atoms. The van der Waals surface area contributed by atoms with Gasteiger partial charge in [0.25, 0.3) is 16.0 Å². The van der Waals surface area contributed by atoms with E-state index < -0.39 is 46.4 Å². The van der Waals surface area contributed by atoms with Crippen molar-refractivity contribution >= 4 is 39.7 Å². The minimum atomic E-state index is -3.68. The summed E-state index contributed by atoms with van der Waals surface area (Å²) in [6.45, 7) is -0.600. The molecule has 2 atom stereocenters. The number of amides is 2. The van der Waals surface area contributed by atoms with E-state index in [1.807, 2.05) is 24.3 Å². The monoisotopic (exact) mass is 506 g/mol. The smallest absolute Gasteiger partial charge is 0.326 e. The molecule has 0 bridgehead atoms. The van der Waals surface area contributed by atoms with Crippen molar-refractivity contribution in [2.45, 2.75) is 22.3 Å². The van der Waals surface area contributed by atoms with Crippen molar-refractivity contribution in [2.75, 3.05) is 26.0 Å². The summed E-state index contributed by atoms with van der Waals surface area (Å²) >= 11 is 1.53. The van der Waals surface area contributed by atoms with Crippen LogP contribution in [0.15, 0.2) is 52.3 Å². The van der Waals surface area contributed by atoms with Gasteiger partial charge in [-0.25, -0.2) is 4.79 Å². The lowest BCUT2D eigenvalue weighted by molar-refractivity contribution is -0.147. The highest BCUT2D eigenvalue weighted by atomic mass is 32.2. The number of nitrogens with one attached hydrogen (secondary N) is 1. The first kappa shape index (κ1) is 24.0. The van der Waals surface area contributed by atoms with E-state index in [9.17, 15) is 27.9 Å². The fourth-order valence-electron chi connectivity index (χ4n) is 3.80. The highest BCUT2D eigenvalue weighted by Crippen LogP contribution is 2.46. The normalized spacial score (nSPS) is 19.0. The van der Waals surface area contributed by atoms with Crippen LogP contribution in [0.1, 0.15) is 16.8 Å². The van der Waals surface area contributed by atoms with Crippen LogP contribution in [-0.2, 0) is 23.9 Å². The fraction of sp³-hybridized carbons (Fsp3) is 0.318. The third kappa shape index (κ3) is 5.51. The Morgan fingerprint density at radius 2 is 1.91 bits per heavy atom. The second kappa shape index (κ2) is 9.65. The van der Waals surface area contributed by atoms with E-state index in [1.54, 1.807) is 18.2 Å². The molecular weight excluding hydrogens is 484 g/mol. The average molecular weight is 507 g/mol. The zero-order valence-corrected chi connectivity index (χ0v) is 19.7. The molecule has 0 saturated carbocycles. The quantitative estimate of drug-likeness (QED) is 0.460. The van der Waals surface area contributed by atoms with Gasteiger partial charge in [0.2, 0.25) is 5.91 Å². The number of rotatable bonds is 7. The fourth-order valence-corrected chi connectivity index (χ4v) is 5.17. The number of aliphatic carboxylic acids is 1. The molecular formula is C22H22N2O8S2. The second-order valence-corrected chi connectivity index (χ2v) is 10.7. The molecule has 0 spiro atoms. The van der Waals surface area contributed by atoms with Crippen LogP contribution >= 0.6 is 11.8 Å². The SMILES string of the molecule is CS(=O)(=O)OCC1C[C@@H](C(=O)O)N(C(=O)CNC(=O)c2ccc3c(c2)Oc2ccccc2S3)C1. The number of benzene rings is 2. The first-order chi connectivity index (χ1) is 16.1. The van der Waals surface area contributed by atoms with Gasteiger partial charge in [-0.2, -0.15) is 8.42 Å². The molecule has 10 nitrogen and oxygen atoms in total. The van der Waals surface area contributed by atoms with Crippen molar-refractivity contribution in [3.8, 4) is 11.5 Å². The summed E-state index contributed by atoms with van der Waals surface area (Å²) in [5, 5.41) is 12.0. The number of carboxylic acids is 1. The summed E-state index contributed by atoms with van der Waals surface area (Å²) in [5.74, 6) is -1.52. The molecule has 2 aliphatic rings. The second-order valence-electron chi connectivity index (χ2n) is 7.99. The summed E-state index contributed by atoms with van der Waals surface area (Å²) in [6, 6.07) is 11.4. The van der Waals surface area contributed by atoms with Crippen molar-refractivity contribution in [1.29, 1.82) is 0 Å². The lowest BCUT2D eigenvalue weighted by Gasteiger charge is -2.22. The van der Waals surface area contributed by atoms with Gasteiger partial charge in [0, 0.05) is 18.0 Å². The number of carbonyl (C=O) groups excluding carboxylic acids is 2. The summed E-state index contributed by atoms with van der Waals surface area (Å²) < 4.78 is 33.0. The van der Waals surface area contributed by atoms with Crippen molar-refractivity contribution in [3.63, 3.8) is 0 Å². The maximum atomic E-state index is 12.7. The van der Waals surface area contributed by atoms with Gasteiger partial charge in [-0.3, -0.25) is 13.8 Å². The van der Waals surface area contributed by atoms with Crippen LogP contribution in [0.5, 0.6) is 11.5 Å². The third-order valence-electron chi connectivity index (χ3n) is 5.41. The number of ether oxygens (including phenoxy) is 1. The van der Waals surface area contributed by atoms with Gasteiger partial charge in [-0.15, -0.1) is 0 Å². The average Bonchev–Trinajstić information content (AvgIpc) is 3.24. The molecule has 0 aliphatic carbocycles. The zero-order chi connectivity index (χ0) is 24.5. The number of carbonyl (C=O) groups is 3. The van der Waals surface area contributed by atoms with E-state index in [0.717, 1.165) is 20.9 Å². The van der Waals surface area contributed by atoms with Gasteiger partial charge in [0.1, 0.15) is 17.5 Å². The van der Waals surface area contributed by atoms with Crippen LogP contribution in [0.3, 0.4) is 0 Å². The molecule has 2 aliphatic heterocycles. The van der Waals surface area contributed by atoms with Crippen LogP contribution in [0, 0.1) is 5.92 Å². The van der Waals surface area contributed by atoms with E-state index in [1.165, 1.54) is 11.8 Å². The van der Waals surface area contributed by atoms with Crippen molar-refractivity contribution < 1.29 is 36.8 Å². The summed E-state index contributed by atoms with van der Waals surface area (Å²) in [6.07, 6.45) is 0.962. The first-order valence-electron chi connectivity index (χ1n) is 10.3. The first-order valence-corrected chi connectivity index (χ1v) is 13.0. The Morgan fingerprint density at radius 3 is 2.65 bits per heavy atom. The van der Waals surface area contributed by atoms with Crippen molar-refractivity contribution in [2.24, 2.45) is 5.92 Å². The van der Waals surface area contributed by atoms with Crippen LogP contribution in [0.25, 0.3) is 0 Å². The Labute approximate surface area is 200 Å². The van der Waals surface area contributed by atoms with E-state index in [2.05, 4.69) is 5.32 Å². The van der Waals surface area contributed by atoms with Crippen molar-refractivity contribution in [3.05, 3.63) is 48.0 Å². The Balaban J connectivity index is 1.37. The minimum absolute atomic E-state index is 0.0184. The molecule has 0 radical (unpaired) electrons.